The van der Waals surface area contributed by atoms with Crippen LogP contribution in [-0.4, -0.2) is 5.91 Å². The second-order valence-corrected chi connectivity index (χ2v) is 4.46. The topological polar surface area (TPSA) is 29.1 Å². The highest BCUT2D eigenvalue weighted by Gasteiger charge is 2.05. The van der Waals surface area contributed by atoms with Crippen molar-refractivity contribution >= 4 is 5.91 Å². The Bertz CT molecular complexity index is 374. The molecule has 0 spiro atoms. The summed E-state index contributed by atoms with van der Waals surface area (Å²) in [4.78, 5) is 11.4. The number of carbonyl (C=O) groups excluding carboxylic acids is 1. The predicted octanol–water partition coefficient (Wildman–Crippen LogP) is 2.80. The first-order chi connectivity index (χ1) is 7.49. The van der Waals surface area contributed by atoms with E-state index in [9.17, 15) is 9.18 Å². The summed E-state index contributed by atoms with van der Waals surface area (Å²) in [5.74, 6) is 0.126. The molecule has 0 radical (unpaired) electrons. The summed E-state index contributed by atoms with van der Waals surface area (Å²) in [5.41, 5.74) is 1.41. The molecule has 1 N–H and O–H groups in total. The Balaban J connectivity index is 2.48. The van der Waals surface area contributed by atoms with Gasteiger partial charge in [-0.1, -0.05) is 26.0 Å². The van der Waals surface area contributed by atoms with Gasteiger partial charge in [0, 0.05) is 13.0 Å². The van der Waals surface area contributed by atoms with Crippen molar-refractivity contribution in [2.24, 2.45) is 5.92 Å². The highest BCUT2D eigenvalue weighted by molar-refractivity contribution is 5.76. The van der Waals surface area contributed by atoms with Crippen LogP contribution in [0.15, 0.2) is 18.2 Å². The van der Waals surface area contributed by atoms with E-state index in [2.05, 4.69) is 5.32 Å². The lowest BCUT2D eigenvalue weighted by Crippen LogP contribution is -2.23. The predicted molar refractivity (Wildman–Crippen MR) is 62.4 cm³/mol. The molecule has 0 unspecified atom stereocenters. The largest absolute Gasteiger partial charge is 0.352 e. The fourth-order valence-electron chi connectivity index (χ4n) is 1.39. The van der Waals surface area contributed by atoms with Crippen molar-refractivity contribution in [2.75, 3.05) is 0 Å². The third kappa shape index (κ3) is 4.01. The number of hydrogen-bond donors (Lipinski definition) is 1. The van der Waals surface area contributed by atoms with Gasteiger partial charge in [0.05, 0.1) is 0 Å². The summed E-state index contributed by atoms with van der Waals surface area (Å²) >= 11 is 0. The van der Waals surface area contributed by atoms with E-state index < -0.39 is 0 Å². The first-order valence-corrected chi connectivity index (χ1v) is 5.50. The van der Waals surface area contributed by atoms with Crippen LogP contribution in [0.3, 0.4) is 0 Å². The number of benzene rings is 1. The number of aryl methyl sites for hydroxylation is 1. The van der Waals surface area contributed by atoms with E-state index >= 15 is 0 Å². The molecular formula is C13H18FNO. The molecule has 0 aliphatic carbocycles. The zero-order chi connectivity index (χ0) is 12.1. The van der Waals surface area contributed by atoms with Crippen LogP contribution in [0.2, 0.25) is 0 Å². The van der Waals surface area contributed by atoms with Crippen molar-refractivity contribution in [3.8, 4) is 0 Å². The summed E-state index contributed by atoms with van der Waals surface area (Å²) < 4.78 is 13.2. The maximum absolute atomic E-state index is 13.2. The van der Waals surface area contributed by atoms with E-state index in [0.29, 0.717) is 24.4 Å². The molecule has 0 atom stereocenters. The van der Waals surface area contributed by atoms with Gasteiger partial charge in [-0.25, -0.2) is 4.39 Å². The third-order valence-corrected chi connectivity index (χ3v) is 2.32. The van der Waals surface area contributed by atoms with Crippen LogP contribution in [0.5, 0.6) is 0 Å². The SMILES string of the molecule is Cc1ccc(CNC(=O)CC(C)C)cc1F. The number of carbonyl (C=O) groups is 1. The van der Waals surface area contributed by atoms with Gasteiger partial charge in [-0.3, -0.25) is 4.79 Å². The molecular weight excluding hydrogens is 205 g/mol. The van der Waals surface area contributed by atoms with E-state index in [0.717, 1.165) is 5.56 Å². The first-order valence-electron chi connectivity index (χ1n) is 5.50. The summed E-state index contributed by atoms with van der Waals surface area (Å²) in [6, 6.07) is 5.01. The standard InChI is InChI=1S/C13H18FNO/c1-9(2)6-13(16)15-8-11-5-4-10(3)12(14)7-11/h4-5,7,9H,6,8H2,1-3H3,(H,15,16). The minimum Gasteiger partial charge on any atom is -0.352 e. The van der Waals surface area contributed by atoms with E-state index in [-0.39, 0.29) is 11.7 Å². The first kappa shape index (κ1) is 12.7. The normalized spacial score (nSPS) is 10.6. The fraction of sp³-hybridized carbons (Fsp3) is 0.462. The molecule has 0 fully saturated rings. The molecule has 3 heteroatoms. The van der Waals surface area contributed by atoms with Crippen molar-refractivity contribution < 1.29 is 9.18 Å². The molecule has 0 saturated heterocycles. The number of amides is 1. The highest BCUT2D eigenvalue weighted by atomic mass is 19.1. The van der Waals surface area contributed by atoms with Crippen LogP contribution in [0.25, 0.3) is 0 Å². The molecule has 88 valence electrons. The summed E-state index contributed by atoms with van der Waals surface area (Å²) in [6.45, 7) is 6.09. The highest BCUT2D eigenvalue weighted by Crippen LogP contribution is 2.09. The minimum absolute atomic E-state index is 0.0102. The van der Waals surface area contributed by atoms with Crippen LogP contribution >= 0.6 is 0 Å². The Hall–Kier alpha value is -1.38. The van der Waals surface area contributed by atoms with E-state index in [1.54, 1.807) is 13.0 Å². The lowest BCUT2D eigenvalue weighted by molar-refractivity contribution is -0.121. The average molecular weight is 223 g/mol. The Morgan fingerprint density at radius 3 is 2.69 bits per heavy atom. The molecule has 1 rings (SSSR count). The van der Waals surface area contributed by atoms with E-state index in [4.69, 9.17) is 0 Å². The number of nitrogens with one attached hydrogen (secondary N) is 1. The van der Waals surface area contributed by atoms with Gasteiger partial charge in [0.2, 0.25) is 5.91 Å². The smallest absolute Gasteiger partial charge is 0.220 e. The zero-order valence-corrected chi connectivity index (χ0v) is 10.0. The lowest BCUT2D eigenvalue weighted by Gasteiger charge is -2.07. The van der Waals surface area contributed by atoms with Crippen molar-refractivity contribution in [2.45, 2.75) is 33.7 Å². The summed E-state index contributed by atoms with van der Waals surface area (Å²) in [7, 11) is 0. The van der Waals surface area contributed by atoms with Crippen LogP contribution < -0.4 is 5.32 Å². The van der Waals surface area contributed by atoms with E-state index in [1.807, 2.05) is 19.9 Å². The van der Waals surface area contributed by atoms with Crippen molar-refractivity contribution in [1.29, 1.82) is 0 Å². The number of halogens is 1. The third-order valence-electron chi connectivity index (χ3n) is 2.32. The van der Waals surface area contributed by atoms with Gasteiger partial charge in [0.15, 0.2) is 0 Å². The van der Waals surface area contributed by atoms with Crippen LogP contribution in [0.1, 0.15) is 31.4 Å². The van der Waals surface area contributed by atoms with E-state index in [1.165, 1.54) is 6.07 Å². The molecule has 1 aromatic carbocycles. The molecule has 0 aliphatic heterocycles. The van der Waals surface area contributed by atoms with Gasteiger partial charge in [-0.15, -0.1) is 0 Å². The molecule has 0 aliphatic rings. The Morgan fingerprint density at radius 1 is 1.44 bits per heavy atom. The molecule has 1 amide bonds. The Morgan fingerprint density at radius 2 is 2.12 bits per heavy atom. The van der Waals surface area contributed by atoms with Crippen LogP contribution in [-0.2, 0) is 11.3 Å². The average Bonchev–Trinajstić information content (AvgIpc) is 2.19. The van der Waals surface area contributed by atoms with Crippen molar-refractivity contribution in [3.05, 3.63) is 35.1 Å². The second-order valence-electron chi connectivity index (χ2n) is 4.46. The van der Waals surface area contributed by atoms with Crippen molar-refractivity contribution in [3.63, 3.8) is 0 Å². The fourth-order valence-corrected chi connectivity index (χ4v) is 1.39. The molecule has 0 bridgehead atoms. The number of rotatable bonds is 4. The summed E-state index contributed by atoms with van der Waals surface area (Å²) in [5, 5.41) is 2.77. The van der Waals surface area contributed by atoms with Crippen LogP contribution in [0, 0.1) is 18.7 Å². The monoisotopic (exact) mass is 223 g/mol. The molecule has 16 heavy (non-hydrogen) atoms. The Labute approximate surface area is 95.9 Å². The summed E-state index contributed by atoms with van der Waals surface area (Å²) in [6.07, 6.45) is 0.508. The molecule has 1 aromatic rings. The second kappa shape index (κ2) is 5.64. The van der Waals surface area contributed by atoms with Gasteiger partial charge < -0.3 is 5.32 Å². The van der Waals surface area contributed by atoms with Gasteiger partial charge in [-0.2, -0.15) is 0 Å². The van der Waals surface area contributed by atoms with Gasteiger partial charge in [0.25, 0.3) is 0 Å². The molecule has 0 heterocycles. The van der Waals surface area contributed by atoms with Gasteiger partial charge in [-0.05, 0) is 30.0 Å². The maximum Gasteiger partial charge on any atom is 0.220 e. The lowest BCUT2D eigenvalue weighted by atomic mass is 10.1. The van der Waals surface area contributed by atoms with Gasteiger partial charge >= 0.3 is 0 Å². The zero-order valence-electron chi connectivity index (χ0n) is 10.0. The van der Waals surface area contributed by atoms with Crippen LogP contribution in [0.4, 0.5) is 4.39 Å². The van der Waals surface area contributed by atoms with Gasteiger partial charge in [0.1, 0.15) is 5.82 Å². The Kier molecular flexibility index (Phi) is 4.47. The maximum atomic E-state index is 13.2. The molecule has 2 nitrogen and oxygen atoms in total. The molecule has 0 saturated carbocycles. The number of hydrogen-bond acceptors (Lipinski definition) is 1. The molecule has 0 aromatic heterocycles. The van der Waals surface area contributed by atoms with Crippen molar-refractivity contribution in [1.82, 2.24) is 5.32 Å². The minimum atomic E-state index is -0.226. The quantitative estimate of drug-likeness (QED) is 0.835.